The van der Waals surface area contributed by atoms with Crippen LogP contribution < -0.4 is 20.9 Å². The molecule has 3 aromatic carbocycles. The molecule has 0 radical (unpaired) electrons. The van der Waals surface area contributed by atoms with Crippen molar-refractivity contribution in [1.29, 1.82) is 0 Å². The van der Waals surface area contributed by atoms with Gasteiger partial charge in [-0.2, -0.15) is 13.2 Å². The molecule has 0 saturated heterocycles. The minimum absolute atomic E-state index is 0.0562. The molecule has 0 spiro atoms. The minimum Gasteiger partial charge on any atom is -0.336 e. The van der Waals surface area contributed by atoms with Crippen molar-refractivity contribution in [2.75, 3.05) is 28.6 Å². The van der Waals surface area contributed by atoms with Crippen molar-refractivity contribution in [3.8, 4) is 0 Å². The molecule has 0 heterocycles. The Hall–Kier alpha value is -3.79. The van der Waals surface area contributed by atoms with E-state index in [2.05, 4.69) is 16.0 Å². The first-order valence-corrected chi connectivity index (χ1v) is 10.3. The largest absolute Gasteiger partial charge is 0.418 e. The van der Waals surface area contributed by atoms with Gasteiger partial charge in [0.05, 0.1) is 11.3 Å². The summed E-state index contributed by atoms with van der Waals surface area (Å²) in [6, 6.07) is 14.6. The van der Waals surface area contributed by atoms with Gasteiger partial charge < -0.3 is 16.0 Å². The molecule has 34 heavy (non-hydrogen) atoms. The zero-order valence-corrected chi connectivity index (χ0v) is 18.3. The fourth-order valence-electron chi connectivity index (χ4n) is 2.98. The first kappa shape index (κ1) is 24.8. The van der Waals surface area contributed by atoms with Crippen LogP contribution in [0.4, 0.5) is 44.2 Å². The number of nitrogens with zero attached hydrogens (tertiary/aromatic N) is 1. The molecule has 0 unspecified atom stereocenters. The molecule has 3 rings (SSSR count). The van der Waals surface area contributed by atoms with Gasteiger partial charge in [0.1, 0.15) is 5.82 Å². The van der Waals surface area contributed by atoms with E-state index in [1.54, 1.807) is 24.3 Å². The SMILES string of the molecule is O=C(NCCN(C(=O)Nc1ccc(Cl)cc1)c1ccc(F)cc1)Nc1ccccc1C(F)(F)F. The van der Waals surface area contributed by atoms with Gasteiger partial charge in [-0.3, -0.25) is 4.90 Å². The van der Waals surface area contributed by atoms with Crippen LogP contribution in [0.2, 0.25) is 5.02 Å². The molecule has 178 valence electrons. The highest BCUT2D eigenvalue weighted by Gasteiger charge is 2.33. The highest BCUT2D eigenvalue weighted by molar-refractivity contribution is 6.30. The molecular formula is C23H19ClF4N4O2. The molecule has 0 aliphatic rings. The van der Waals surface area contributed by atoms with Crippen molar-refractivity contribution in [2.45, 2.75) is 6.18 Å². The Morgan fingerprint density at radius 1 is 0.882 bits per heavy atom. The topological polar surface area (TPSA) is 73.5 Å². The summed E-state index contributed by atoms with van der Waals surface area (Å²) in [6.45, 7) is -0.162. The quantitative estimate of drug-likeness (QED) is 0.349. The Morgan fingerprint density at radius 3 is 2.18 bits per heavy atom. The van der Waals surface area contributed by atoms with Crippen molar-refractivity contribution in [2.24, 2.45) is 0 Å². The third-order valence-electron chi connectivity index (χ3n) is 4.58. The number of hydrogen-bond donors (Lipinski definition) is 3. The number of para-hydroxylation sites is 1. The lowest BCUT2D eigenvalue weighted by Gasteiger charge is -2.23. The van der Waals surface area contributed by atoms with Crippen LogP contribution in [0.1, 0.15) is 5.56 Å². The van der Waals surface area contributed by atoms with Crippen molar-refractivity contribution < 1.29 is 27.2 Å². The van der Waals surface area contributed by atoms with Crippen LogP contribution in [-0.4, -0.2) is 25.2 Å². The van der Waals surface area contributed by atoms with Gasteiger partial charge in [-0.25, -0.2) is 14.0 Å². The van der Waals surface area contributed by atoms with Crippen molar-refractivity contribution in [3.05, 3.63) is 89.2 Å². The predicted octanol–water partition coefficient (Wildman–Crippen LogP) is 6.36. The maximum Gasteiger partial charge on any atom is 0.418 e. The molecule has 0 bridgehead atoms. The number of alkyl halides is 3. The normalized spacial score (nSPS) is 11.0. The summed E-state index contributed by atoms with van der Waals surface area (Å²) in [4.78, 5) is 26.3. The number of nitrogens with one attached hydrogen (secondary N) is 3. The van der Waals surface area contributed by atoms with Crippen LogP contribution in [0.15, 0.2) is 72.8 Å². The van der Waals surface area contributed by atoms with Gasteiger partial charge in [0.25, 0.3) is 0 Å². The van der Waals surface area contributed by atoms with E-state index in [1.807, 2.05) is 0 Å². The second-order valence-electron chi connectivity index (χ2n) is 6.99. The Kier molecular flexibility index (Phi) is 7.95. The summed E-state index contributed by atoms with van der Waals surface area (Å²) < 4.78 is 52.7. The van der Waals surface area contributed by atoms with E-state index in [0.717, 1.165) is 12.1 Å². The number of amides is 4. The highest BCUT2D eigenvalue weighted by Crippen LogP contribution is 2.34. The first-order valence-electron chi connectivity index (χ1n) is 9.94. The van der Waals surface area contributed by atoms with Gasteiger partial charge in [0.15, 0.2) is 0 Å². The van der Waals surface area contributed by atoms with E-state index in [4.69, 9.17) is 11.6 Å². The number of hydrogen-bond acceptors (Lipinski definition) is 2. The number of benzene rings is 3. The monoisotopic (exact) mass is 494 g/mol. The molecule has 4 amide bonds. The third-order valence-corrected chi connectivity index (χ3v) is 4.83. The lowest BCUT2D eigenvalue weighted by molar-refractivity contribution is -0.136. The van der Waals surface area contributed by atoms with E-state index >= 15 is 0 Å². The van der Waals surface area contributed by atoms with Gasteiger partial charge in [-0.05, 0) is 60.7 Å². The molecule has 0 aromatic heterocycles. The van der Waals surface area contributed by atoms with Crippen LogP contribution in [0, 0.1) is 5.82 Å². The smallest absolute Gasteiger partial charge is 0.336 e. The molecule has 0 aliphatic heterocycles. The van der Waals surface area contributed by atoms with Gasteiger partial charge in [0.2, 0.25) is 0 Å². The van der Waals surface area contributed by atoms with Gasteiger partial charge in [-0.1, -0.05) is 23.7 Å². The molecule has 6 nitrogen and oxygen atoms in total. The molecule has 0 saturated carbocycles. The Morgan fingerprint density at radius 2 is 1.53 bits per heavy atom. The lowest BCUT2D eigenvalue weighted by Crippen LogP contribution is -2.42. The molecule has 11 heteroatoms. The molecule has 3 aromatic rings. The molecule has 0 atom stereocenters. The number of rotatable bonds is 6. The van der Waals surface area contributed by atoms with Crippen molar-refractivity contribution >= 4 is 40.7 Å². The summed E-state index contributed by atoms with van der Waals surface area (Å²) in [6.07, 6.45) is -4.64. The maximum atomic E-state index is 13.3. The summed E-state index contributed by atoms with van der Waals surface area (Å²) in [7, 11) is 0. The second kappa shape index (κ2) is 10.9. The Labute approximate surface area is 197 Å². The van der Waals surface area contributed by atoms with Gasteiger partial charge >= 0.3 is 18.2 Å². The molecular weight excluding hydrogens is 476 g/mol. The fraction of sp³-hybridized carbons (Fsp3) is 0.130. The summed E-state index contributed by atoms with van der Waals surface area (Å²) >= 11 is 5.85. The van der Waals surface area contributed by atoms with Crippen molar-refractivity contribution in [3.63, 3.8) is 0 Å². The van der Waals surface area contributed by atoms with E-state index in [9.17, 15) is 27.2 Å². The minimum atomic E-state index is -4.64. The van der Waals surface area contributed by atoms with Crippen LogP contribution in [0.3, 0.4) is 0 Å². The maximum absolute atomic E-state index is 13.3. The van der Waals surface area contributed by atoms with Crippen LogP contribution in [0.5, 0.6) is 0 Å². The van der Waals surface area contributed by atoms with E-state index < -0.39 is 35.3 Å². The lowest BCUT2D eigenvalue weighted by atomic mass is 10.1. The number of anilines is 3. The fourth-order valence-corrected chi connectivity index (χ4v) is 3.11. The predicted molar refractivity (Wildman–Crippen MR) is 123 cm³/mol. The van der Waals surface area contributed by atoms with E-state index in [0.29, 0.717) is 16.4 Å². The van der Waals surface area contributed by atoms with Gasteiger partial charge in [-0.15, -0.1) is 0 Å². The second-order valence-corrected chi connectivity index (χ2v) is 7.43. The number of carbonyl (C=O) groups excluding carboxylic acids is 2. The first-order chi connectivity index (χ1) is 16.1. The molecule has 0 fully saturated rings. The van der Waals surface area contributed by atoms with E-state index in [-0.39, 0.29) is 13.1 Å². The average Bonchev–Trinajstić information content (AvgIpc) is 2.78. The summed E-state index contributed by atoms with van der Waals surface area (Å²) in [5.74, 6) is -0.498. The number of urea groups is 2. The number of halogens is 5. The zero-order valence-electron chi connectivity index (χ0n) is 17.5. The molecule has 0 aliphatic carbocycles. The average molecular weight is 495 g/mol. The van der Waals surface area contributed by atoms with Gasteiger partial charge in [0, 0.05) is 29.5 Å². The highest BCUT2D eigenvalue weighted by atomic mass is 35.5. The summed E-state index contributed by atoms with van der Waals surface area (Å²) in [5.41, 5.74) is -0.586. The third kappa shape index (κ3) is 6.85. The van der Waals surface area contributed by atoms with Crippen LogP contribution in [-0.2, 0) is 6.18 Å². The standard InChI is InChI=1S/C23H19ClF4N4O2/c24-15-5-9-17(10-6-15)30-22(34)32(18-11-7-16(25)8-12-18)14-13-29-21(33)31-20-4-2-1-3-19(20)23(26,27)28/h1-12H,13-14H2,(H,30,34)(H2,29,31,33). The number of carbonyl (C=O) groups is 2. The van der Waals surface area contributed by atoms with Crippen molar-refractivity contribution in [1.82, 2.24) is 5.32 Å². The van der Waals surface area contributed by atoms with Crippen LogP contribution in [0.25, 0.3) is 0 Å². The molecule has 3 N–H and O–H groups in total. The van der Waals surface area contributed by atoms with Crippen LogP contribution >= 0.6 is 11.6 Å². The van der Waals surface area contributed by atoms with E-state index in [1.165, 1.54) is 41.3 Å². The summed E-state index contributed by atoms with van der Waals surface area (Å²) in [5, 5.41) is 7.73. The Balaban J connectivity index is 1.66. The zero-order chi connectivity index (χ0) is 24.7. The Bertz CT molecular complexity index is 1140.